The zero-order chi connectivity index (χ0) is 19.2. The summed E-state index contributed by atoms with van der Waals surface area (Å²) in [6.07, 6.45) is 3.19. The maximum atomic E-state index is 12.5. The van der Waals surface area contributed by atoms with E-state index in [1.54, 1.807) is 49.8 Å². The quantitative estimate of drug-likeness (QED) is 0.716. The summed E-state index contributed by atoms with van der Waals surface area (Å²) in [6.45, 7) is 0.458. The molecule has 140 valence electrons. The predicted octanol–water partition coefficient (Wildman–Crippen LogP) is 1.22. The van der Waals surface area contributed by atoms with Gasteiger partial charge < -0.3 is 15.4 Å². The fraction of sp³-hybridized carbons (Fsp3) is 0.263. The highest BCUT2D eigenvalue weighted by Gasteiger charge is 2.38. The number of hydrogen-bond donors (Lipinski definition) is 2. The van der Waals surface area contributed by atoms with Gasteiger partial charge in [-0.25, -0.2) is 4.79 Å². The van der Waals surface area contributed by atoms with Crippen LogP contribution in [0.5, 0.6) is 5.75 Å². The van der Waals surface area contributed by atoms with Crippen LogP contribution in [0, 0.1) is 0 Å². The van der Waals surface area contributed by atoms with Crippen molar-refractivity contribution in [1.29, 1.82) is 0 Å². The molecule has 0 aliphatic carbocycles. The van der Waals surface area contributed by atoms with Crippen LogP contribution < -0.4 is 15.4 Å². The third-order valence-electron chi connectivity index (χ3n) is 4.21. The van der Waals surface area contributed by atoms with Crippen LogP contribution in [-0.2, 0) is 22.7 Å². The summed E-state index contributed by atoms with van der Waals surface area (Å²) in [5.41, 5.74) is 1.65. The van der Waals surface area contributed by atoms with Gasteiger partial charge in [0.05, 0.1) is 20.1 Å². The Kier molecular flexibility index (Phi) is 5.65. The molecule has 2 aromatic rings. The first kappa shape index (κ1) is 18.4. The van der Waals surface area contributed by atoms with Crippen LogP contribution in [-0.4, -0.2) is 40.9 Å². The molecule has 3 rings (SSSR count). The molecule has 1 aromatic heterocycles. The van der Waals surface area contributed by atoms with Crippen molar-refractivity contribution < 1.29 is 19.1 Å². The van der Waals surface area contributed by atoms with Crippen LogP contribution in [0.1, 0.15) is 17.5 Å². The summed E-state index contributed by atoms with van der Waals surface area (Å²) < 4.78 is 5.09. The highest BCUT2D eigenvalue weighted by atomic mass is 16.5. The average molecular weight is 368 g/mol. The Morgan fingerprint density at radius 2 is 2.00 bits per heavy atom. The number of rotatable bonds is 7. The Balaban J connectivity index is 1.54. The van der Waals surface area contributed by atoms with Gasteiger partial charge in [0.25, 0.3) is 5.91 Å². The standard InChI is InChI=1S/C19H20N4O4/c1-27-15-6-4-13(5-7-15)12-23-18(25)16(22-19(23)26)9-17(24)21-11-14-3-2-8-20-10-14/h2-8,10,16H,9,11-12H2,1H3,(H,21,24)(H,22,26)/t16-/m0/s1. The lowest BCUT2D eigenvalue weighted by Crippen LogP contribution is -2.36. The highest BCUT2D eigenvalue weighted by Crippen LogP contribution is 2.17. The summed E-state index contributed by atoms with van der Waals surface area (Å²) in [5.74, 6) is -0.0322. The Morgan fingerprint density at radius 1 is 1.22 bits per heavy atom. The summed E-state index contributed by atoms with van der Waals surface area (Å²) in [7, 11) is 1.57. The summed E-state index contributed by atoms with van der Waals surface area (Å²) in [4.78, 5) is 41.8. The molecule has 1 atom stereocenters. The minimum absolute atomic E-state index is 0.107. The molecule has 2 N–H and O–H groups in total. The second kappa shape index (κ2) is 8.31. The molecule has 4 amide bonds. The first-order valence-electron chi connectivity index (χ1n) is 8.47. The molecule has 1 aliphatic heterocycles. The van der Waals surface area contributed by atoms with E-state index in [1.807, 2.05) is 6.07 Å². The normalized spacial score (nSPS) is 16.2. The predicted molar refractivity (Wildman–Crippen MR) is 96.6 cm³/mol. The zero-order valence-corrected chi connectivity index (χ0v) is 14.8. The van der Waals surface area contributed by atoms with Crippen molar-refractivity contribution in [1.82, 2.24) is 20.5 Å². The number of ether oxygens (including phenoxy) is 1. The van der Waals surface area contributed by atoms with Gasteiger partial charge in [0.1, 0.15) is 11.8 Å². The Morgan fingerprint density at radius 3 is 2.67 bits per heavy atom. The number of aromatic nitrogens is 1. The smallest absolute Gasteiger partial charge is 0.325 e. The second-order valence-electron chi connectivity index (χ2n) is 6.12. The van der Waals surface area contributed by atoms with Crippen LogP contribution in [0.25, 0.3) is 0 Å². The van der Waals surface area contributed by atoms with E-state index in [2.05, 4.69) is 15.6 Å². The first-order valence-corrected chi connectivity index (χ1v) is 8.47. The van der Waals surface area contributed by atoms with Crippen molar-refractivity contribution in [2.24, 2.45) is 0 Å². The number of pyridine rings is 1. The van der Waals surface area contributed by atoms with Crippen LogP contribution >= 0.6 is 0 Å². The van der Waals surface area contributed by atoms with Crippen molar-refractivity contribution in [3.05, 3.63) is 59.9 Å². The van der Waals surface area contributed by atoms with Gasteiger partial charge >= 0.3 is 6.03 Å². The van der Waals surface area contributed by atoms with E-state index in [1.165, 1.54) is 0 Å². The number of methoxy groups -OCH3 is 1. The first-order chi connectivity index (χ1) is 13.1. The summed E-state index contributed by atoms with van der Waals surface area (Å²) in [5, 5.41) is 5.29. The number of carbonyl (C=O) groups excluding carboxylic acids is 3. The lowest BCUT2D eigenvalue weighted by molar-refractivity contribution is -0.131. The summed E-state index contributed by atoms with van der Waals surface area (Å²) >= 11 is 0. The van der Waals surface area contributed by atoms with E-state index in [9.17, 15) is 14.4 Å². The molecule has 1 fully saturated rings. The van der Waals surface area contributed by atoms with E-state index in [-0.39, 0.29) is 18.9 Å². The lowest BCUT2D eigenvalue weighted by atomic mass is 10.1. The van der Waals surface area contributed by atoms with Crippen LogP contribution in [0.2, 0.25) is 0 Å². The van der Waals surface area contributed by atoms with Crippen molar-refractivity contribution in [3.8, 4) is 5.75 Å². The Bertz CT molecular complexity index is 823. The van der Waals surface area contributed by atoms with Crippen LogP contribution in [0.4, 0.5) is 4.79 Å². The third-order valence-corrected chi connectivity index (χ3v) is 4.21. The number of urea groups is 1. The molecule has 8 heteroatoms. The SMILES string of the molecule is COc1ccc(CN2C(=O)N[C@@H](CC(=O)NCc3cccnc3)C2=O)cc1. The fourth-order valence-electron chi connectivity index (χ4n) is 2.74. The van der Waals surface area contributed by atoms with E-state index in [4.69, 9.17) is 4.74 Å². The average Bonchev–Trinajstić information content (AvgIpc) is 2.95. The van der Waals surface area contributed by atoms with Gasteiger partial charge in [0, 0.05) is 18.9 Å². The van der Waals surface area contributed by atoms with Gasteiger partial charge in [0.2, 0.25) is 5.91 Å². The van der Waals surface area contributed by atoms with Crippen molar-refractivity contribution in [2.75, 3.05) is 7.11 Å². The topological polar surface area (TPSA) is 101 Å². The van der Waals surface area contributed by atoms with Gasteiger partial charge in [-0.15, -0.1) is 0 Å². The number of imide groups is 1. The van der Waals surface area contributed by atoms with Gasteiger partial charge in [-0.2, -0.15) is 0 Å². The highest BCUT2D eigenvalue weighted by molar-refractivity contribution is 6.05. The maximum absolute atomic E-state index is 12.5. The largest absolute Gasteiger partial charge is 0.497 e. The Hall–Kier alpha value is -3.42. The molecule has 1 saturated heterocycles. The van der Waals surface area contributed by atoms with E-state index in [0.717, 1.165) is 16.0 Å². The number of carbonyl (C=O) groups is 3. The maximum Gasteiger partial charge on any atom is 0.325 e. The number of hydrogen-bond acceptors (Lipinski definition) is 5. The van der Waals surface area contributed by atoms with Crippen LogP contribution in [0.3, 0.4) is 0 Å². The van der Waals surface area contributed by atoms with E-state index in [0.29, 0.717) is 12.3 Å². The lowest BCUT2D eigenvalue weighted by Gasteiger charge is -2.13. The molecule has 27 heavy (non-hydrogen) atoms. The monoisotopic (exact) mass is 368 g/mol. The van der Waals surface area contributed by atoms with Gasteiger partial charge in [-0.05, 0) is 29.3 Å². The second-order valence-corrected chi connectivity index (χ2v) is 6.12. The molecule has 1 aromatic carbocycles. The minimum Gasteiger partial charge on any atom is -0.497 e. The van der Waals surface area contributed by atoms with Gasteiger partial charge in [-0.3, -0.25) is 19.5 Å². The molecule has 0 saturated carbocycles. The molecule has 1 aliphatic rings. The summed E-state index contributed by atoms with van der Waals surface area (Å²) in [6, 6.07) is 9.35. The molecule has 8 nitrogen and oxygen atoms in total. The van der Waals surface area contributed by atoms with Crippen molar-refractivity contribution in [3.63, 3.8) is 0 Å². The zero-order valence-electron chi connectivity index (χ0n) is 14.8. The number of benzene rings is 1. The fourth-order valence-corrected chi connectivity index (χ4v) is 2.74. The number of amides is 4. The molecule has 2 heterocycles. The molecular weight excluding hydrogens is 348 g/mol. The molecule has 0 bridgehead atoms. The molecule has 0 radical (unpaired) electrons. The minimum atomic E-state index is -0.857. The van der Waals surface area contributed by atoms with Gasteiger partial charge in [0.15, 0.2) is 0 Å². The van der Waals surface area contributed by atoms with Crippen molar-refractivity contribution in [2.45, 2.75) is 25.6 Å². The van der Waals surface area contributed by atoms with Crippen LogP contribution in [0.15, 0.2) is 48.8 Å². The number of nitrogens with one attached hydrogen (secondary N) is 2. The molecular formula is C19H20N4O4. The number of nitrogens with zero attached hydrogens (tertiary/aromatic N) is 2. The third kappa shape index (κ3) is 4.60. The molecule has 0 unspecified atom stereocenters. The van der Waals surface area contributed by atoms with E-state index >= 15 is 0 Å². The van der Waals surface area contributed by atoms with Gasteiger partial charge in [-0.1, -0.05) is 18.2 Å². The van der Waals surface area contributed by atoms with Crippen molar-refractivity contribution >= 4 is 17.8 Å². The molecule has 0 spiro atoms. The Labute approximate surface area is 156 Å². The van der Waals surface area contributed by atoms with E-state index < -0.39 is 18.0 Å².